The fourth-order valence-electron chi connectivity index (χ4n) is 1.97. The van der Waals surface area contributed by atoms with Crippen LogP contribution in [0.3, 0.4) is 0 Å². The van der Waals surface area contributed by atoms with Gasteiger partial charge in [-0.15, -0.1) is 0 Å². The van der Waals surface area contributed by atoms with Gasteiger partial charge >= 0.3 is 0 Å². The van der Waals surface area contributed by atoms with E-state index in [1.54, 1.807) is 6.20 Å². The molecule has 0 saturated heterocycles. The largest absolute Gasteiger partial charge is 0.347 e. The molecule has 2 heterocycles. The number of H-pyrrole nitrogens is 1. The van der Waals surface area contributed by atoms with Crippen molar-refractivity contribution >= 4 is 0 Å². The van der Waals surface area contributed by atoms with Gasteiger partial charge in [-0.3, -0.25) is 4.68 Å². The van der Waals surface area contributed by atoms with E-state index in [-0.39, 0.29) is 6.04 Å². The van der Waals surface area contributed by atoms with Gasteiger partial charge in [-0.1, -0.05) is 6.92 Å². The zero-order valence-corrected chi connectivity index (χ0v) is 11.1. The van der Waals surface area contributed by atoms with E-state index in [1.165, 1.54) is 5.56 Å². The minimum Gasteiger partial charge on any atom is -0.347 e. The fourth-order valence-corrected chi connectivity index (χ4v) is 1.97. The van der Waals surface area contributed by atoms with Gasteiger partial charge in [-0.2, -0.15) is 5.10 Å². The molecule has 0 aromatic carbocycles. The molecule has 0 aliphatic heterocycles. The van der Waals surface area contributed by atoms with Gasteiger partial charge in [0.25, 0.3) is 0 Å². The van der Waals surface area contributed by atoms with E-state index in [9.17, 15) is 0 Å². The summed E-state index contributed by atoms with van der Waals surface area (Å²) in [5.74, 6) is 0.993. The summed E-state index contributed by atoms with van der Waals surface area (Å²) in [7, 11) is 0. The highest BCUT2D eigenvalue weighted by Gasteiger charge is 2.14. The van der Waals surface area contributed by atoms with Crippen LogP contribution in [0.2, 0.25) is 0 Å². The van der Waals surface area contributed by atoms with Crippen LogP contribution in [0.1, 0.15) is 37.7 Å². The summed E-state index contributed by atoms with van der Waals surface area (Å²) in [6.45, 7) is 6.17. The first-order chi connectivity index (χ1) is 8.83. The Kier molecular flexibility index (Phi) is 4.52. The Morgan fingerprint density at radius 2 is 2.33 bits per heavy atom. The Hall–Kier alpha value is -1.62. The second-order valence-corrected chi connectivity index (χ2v) is 4.39. The molecule has 5 nitrogen and oxygen atoms in total. The lowest BCUT2D eigenvalue weighted by molar-refractivity contribution is 0.508. The van der Waals surface area contributed by atoms with Crippen molar-refractivity contribution < 1.29 is 0 Å². The van der Waals surface area contributed by atoms with Gasteiger partial charge in [-0.05, 0) is 31.9 Å². The minimum atomic E-state index is 0.231. The monoisotopic (exact) mass is 247 g/mol. The standard InChI is InChI=1S/C13H21N5/c1-3-5-14-12(13-15-6-7-16-13)8-11-9-17-18(4-2)10-11/h6-7,9-10,12,14H,3-5,8H2,1-2H3,(H,15,16). The molecular weight excluding hydrogens is 226 g/mol. The average Bonchev–Trinajstić information content (AvgIpc) is 3.05. The van der Waals surface area contributed by atoms with Crippen molar-refractivity contribution in [2.75, 3.05) is 6.54 Å². The molecule has 0 fully saturated rings. The molecule has 2 rings (SSSR count). The van der Waals surface area contributed by atoms with Crippen LogP contribution >= 0.6 is 0 Å². The molecule has 5 heteroatoms. The zero-order valence-electron chi connectivity index (χ0n) is 11.1. The number of aromatic amines is 1. The van der Waals surface area contributed by atoms with Gasteiger partial charge in [0.2, 0.25) is 0 Å². The highest BCUT2D eigenvalue weighted by atomic mass is 15.3. The second-order valence-electron chi connectivity index (χ2n) is 4.39. The summed E-state index contributed by atoms with van der Waals surface area (Å²) in [4.78, 5) is 7.53. The molecule has 18 heavy (non-hydrogen) atoms. The van der Waals surface area contributed by atoms with Crippen LogP contribution < -0.4 is 5.32 Å². The maximum absolute atomic E-state index is 4.35. The SMILES string of the molecule is CCCNC(Cc1cnn(CC)c1)c1ncc[nH]1. The van der Waals surface area contributed by atoms with Crippen molar-refractivity contribution in [1.29, 1.82) is 0 Å². The molecule has 2 N–H and O–H groups in total. The van der Waals surface area contributed by atoms with Crippen molar-refractivity contribution in [3.8, 4) is 0 Å². The molecule has 98 valence electrons. The lowest BCUT2D eigenvalue weighted by atomic mass is 10.1. The van der Waals surface area contributed by atoms with Crippen LogP contribution in [0.25, 0.3) is 0 Å². The van der Waals surface area contributed by atoms with E-state index in [2.05, 4.69) is 40.4 Å². The molecule has 1 atom stereocenters. The fraction of sp³-hybridized carbons (Fsp3) is 0.538. The molecule has 1 unspecified atom stereocenters. The normalized spacial score (nSPS) is 12.8. The molecule has 0 spiro atoms. The van der Waals surface area contributed by atoms with Crippen LogP contribution in [0, 0.1) is 0 Å². The summed E-state index contributed by atoms with van der Waals surface area (Å²) in [5.41, 5.74) is 1.24. The van der Waals surface area contributed by atoms with Crippen molar-refractivity contribution in [1.82, 2.24) is 25.1 Å². The van der Waals surface area contributed by atoms with Gasteiger partial charge in [0.05, 0.1) is 12.2 Å². The first-order valence-electron chi connectivity index (χ1n) is 6.57. The quantitative estimate of drug-likeness (QED) is 0.785. The van der Waals surface area contributed by atoms with Gasteiger partial charge in [0, 0.05) is 25.1 Å². The van der Waals surface area contributed by atoms with Crippen LogP contribution in [-0.2, 0) is 13.0 Å². The number of imidazole rings is 1. The Morgan fingerprint density at radius 1 is 1.44 bits per heavy atom. The summed E-state index contributed by atoms with van der Waals surface area (Å²) < 4.78 is 1.95. The maximum atomic E-state index is 4.35. The predicted octanol–water partition coefficient (Wildman–Crippen LogP) is 1.91. The second kappa shape index (κ2) is 6.35. The van der Waals surface area contributed by atoms with Gasteiger partial charge in [0.1, 0.15) is 5.82 Å². The smallest absolute Gasteiger partial charge is 0.123 e. The number of rotatable bonds is 7. The third-order valence-electron chi connectivity index (χ3n) is 2.94. The van der Waals surface area contributed by atoms with Crippen LogP contribution in [0.15, 0.2) is 24.8 Å². The molecule has 0 aliphatic carbocycles. The molecule has 0 bridgehead atoms. The van der Waals surface area contributed by atoms with Crippen LogP contribution in [0.5, 0.6) is 0 Å². The van der Waals surface area contributed by atoms with Crippen LogP contribution in [-0.4, -0.2) is 26.3 Å². The van der Waals surface area contributed by atoms with Crippen molar-refractivity contribution in [2.24, 2.45) is 0 Å². The van der Waals surface area contributed by atoms with E-state index in [1.807, 2.05) is 17.1 Å². The topological polar surface area (TPSA) is 58.5 Å². The van der Waals surface area contributed by atoms with E-state index in [0.29, 0.717) is 0 Å². The molecule has 0 amide bonds. The lowest BCUT2D eigenvalue weighted by Gasteiger charge is -2.15. The van der Waals surface area contributed by atoms with E-state index in [4.69, 9.17) is 0 Å². The lowest BCUT2D eigenvalue weighted by Crippen LogP contribution is -2.25. The number of aryl methyl sites for hydroxylation is 1. The predicted molar refractivity (Wildman–Crippen MR) is 71.2 cm³/mol. The number of aromatic nitrogens is 4. The Morgan fingerprint density at radius 3 is 2.94 bits per heavy atom. The Bertz CT molecular complexity index is 446. The van der Waals surface area contributed by atoms with Crippen LogP contribution in [0.4, 0.5) is 0 Å². The summed E-state index contributed by atoms with van der Waals surface area (Å²) in [6.07, 6.45) is 9.73. The highest BCUT2D eigenvalue weighted by molar-refractivity contribution is 5.10. The minimum absolute atomic E-state index is 0.231. The zero-order chi connectivity index (χ0) is 12.8. The Balaban J connectivity index is 2.04. The van der Waals surface area contributed by atoms with Gasteiger partial charge < -0.3 is 10.3 Å². The average molecular weight is 247 g/mol. The van der Waals surface area contributed by atoms with E-state index < -0.39 is 0 Å². The maximum Gasteiger partial charge on any atom is 0.123 e. The number of nitrogens with zero attached hydrogens (tertiary/aromatic N) is 3. The third-order valence-corrected chi connectivity index (χ3v) is 2.94. The first kappa shape index (κ1) is 12.8. The number of hydrogen-bond donors (Lipinski definition) is 2. The highest BCUT2D eigenvalue weighted by Crippen LogP contribution is 2.14. The molecule has 0 aliphatic rings. The number of nitrogens with one attached hydrogen (secondary N) is 2. The summed E-state index contributed by atoms with van der Waals surface area (Å²) in [5, 5.41) is 7.82. The summed E-state index contributed by atoms with van der Waals surface area (Å²) in [6, 6.07) is 0.231. The molecule has 0 radical (unpaired) electrons. The molecule has 2 aromatic heterocycles. The third kappa shape index (κ3) is 3.20. The van der Waals surface area contributed by atoms with Gasteiger partial charge in [0.15, 0.2) is 0 Å². The molecule has 0 saturated carbocycles. The van der Waals surface area contributed by atoms with E-state index >= 15 is 0 Å². The summed E-state index contributed by atoms with van der Waals surface area (Å²) >= 11 is 0. The van der Waals surface area contributed by atoms with E-state index in [0.717, 1.165) is 31.8 Å². The van der Waals surface area contributed by atoms with Gasteiger partial charge in [-0.25, -0.2) is 4.98 Å². The number of hydrogen-bond acceptors (Lipinski definition) is 3. The van der Waals surface area contributed by atoms with Crippen molar-refractivity contribution in [3.05, 3.63) is 36.2 Å². The van der Waals surface area contributed by atoms with Crippen molar-refractivity contribution in [3.63, 3.8) is 0 Å². The Labute approximate surface area is 108 Å². The molecular formula is C13H21N5. The van der Waals surface area contributed by atoms with Crippen molar-refractivity contribution in [2.45, 2.75) is 39.3 Å². The first-order valence-corrected chi connectivity index (χ1v) is 6.57. The molecule has 2 aromatic rings.